The number of pyridine rings is 2. The molecule has 0 fully saturated rings. The lowest BCUT2D eigenvalue weighted by Gasteiger charge is -2.19. The van der Waals surface area contributed by atoms with Crippen LogP contribution in [0.1, 0.15) is 13.3 Å². The second kappa shape index (κ2) is 12.2. The van der Waals surface area contributed by atoms with E-state index in [0.717, 1.165) is 11.4 Å². The second-order valence-corrected chi connectivity index (χ2v) is 9.64. The second-order valence-electron chi connectivity index (χ2n) is 7.82. The molecule has 0 radical (unpaired) electrons. The van der Waals surface area contributed by atoms with E-state index in [0.29, 0.717) is 23.7 Å². The van der Waals surface area contributed by atoms with Gasteiger partial charge in [0.15, 0.2) is 10.3 Å². The summed E-state index contributed by atoms with van der Waals surface area (Å²) < 4.78 is 3.16. The zero-order chi connectivity index (χ0) is 26.4. The molecule has 10 nitrogen and oxygen atoms in total. The van der Waals surface area contributed by atoms with Gasteiger partial charge in [0.2, 0.25) is 11.8 Å². The summed E-state index contributed by atoms with van der Waals surface area (Å²) >= 11 is 14.0. The largest absolute Gasteiger partial charge is 0.311 e. The number of carbonyl (C=O) groups excluding carboxylic acids is 2. The Labute approximate surface area is 228 Å². The fraction of sp³-hybridized carbons (Fsp3) is 0.250. The van der Waals surface area contributed by atoms with Gasteiger partial charge in [-0.2, -0.15) is 22.0 Å². The van der Waals surface area contributed by atoms with Crippen LogP contribution in [0.2, 0.25) is 10.3 Å². The molecule has 4 aromatic heterocycles. The van der Waals surface area contributed by atoms with E-state index in [1.54, 1.807) is 70.6 Å². The normalized spacial score (nSPS) is 10.9. The number of rotatable bonds is 10. The molecule has 37 heavy (non-hydrogen) atoms. The van der Waals surface area contributed by atoms with Crippen LogP contribution in [0.15, 0.2) is 61.4 Å². The number of amides is 2. The predicted molar refractivity (Wildman–Crippen MR) is 146 cm³/mol. The van der Waals surface area contributed by atoms with Gasteiger partial charge in [-0.15, -0.1) is 0 Å². The lowest BCUT2D eigenvalue weighted by molar-refractivity contribution is -0.118. The van der Waals surface area contributed by atoms with E-state index < -0.39 is 0 Å². The first-order valence-electron chi connectivity index (χ1n) is 11.3. The number of halogens is 2. The van der Waals surface area contributed by atoms with Crippen LogP contribution in [0, 0.1) is 0 Å². The molecule has 0 aliphatic heterocycles. The molecule has 0 N–H and O–H groups in total. The van der Waals surface area contributed by atoms with E-state index in [4.69, 9.17) is 23.2 Å². The molecule has 4 heterocycles. The number of hydrogen-bond donors (Lipinski definition) is 0. The molecular formula is C24H24Cl2N8O2S. The summed E-state index contributed by atoms with van der Waals surface area (Å²) in [5.41, 5.74) is 2.49. The van der Waals surface area contributed by atoms with Crippen LogP contribution in [-0.4, -0.2) is 66.4 Å². The minimum atomic E-state index is -0.154. The van der Waals surface area contributed by atoms with Crippen molar-refractivity contribution in [1.82, 2.24) is 29.5 Å². The van der Waals surface area contributed by atoms with Gasteiger partial charge in [0.25, 0.3) is 0 Å². The Morgan fingerprint density at radius 1 is 0.919 bits per heavy atom. The average Bonchev–Trinajstić information content (AvgIpc) is 3.50. The quantitative estimate of drug-likeness (QED) is 0.267. The third kappa shape index (κ3) is 6.30. The minimum Gasteiger partial charge on any atom is -0.311 e. The lowest BCUT2D eigenvalue weighted by Crippen LogP contribution is -2.31. The van der Waals surface area contributed by atoms with Crippen molar-refractivity contribution in [3.05, 3.63) is 71.8 Å². The molecule has 13 heteroatoms. The molecule has 0 atom stereocenters. The Bertz CT molecular complexity index is 1360. The Kier molecular flexibility index (Phi) is 8.80. The Hall–Kier alpha value is -3.41. The smallest absolute Gasteiger partial charge is 0.236 e. The van der Waals surface area contributed by atoms with Gasteiger partial charge >= 0.3 is 0 Å². The van der Waals surface area contributed by atoms with Gasteiger partial charge < -0.3 is 9.80 Å². The van der Waals surface area contributed by atoms with E-state index in [9.17, 15) is 9.59 Å². The van der Waals surface area contributed by atoms with E-state index >= 15 is 0 Å². The van der Waals surface area contributed by atoms with Crippen LogP contribution in [-0.2, 0) is 9.59 Å². The van der Waals surface area contributed by atoms with Gasteiger partial charge in [0, 0.05) is 38.2 Å². The first kappa shape index (κ1) is 26.6. The third-order valence-electron chi connectivity index (χ3n) is 5.45. The third-order valence-corrected chi connectivity index (χ3v) is 6.94. The van der Waals surface area contributed by atoms with Gasteiger partial charge in [-0.3, -0.25) is 19.6 Å². The predicted octanol–water partition coefficient (Wildman–Crippen LogP) is 4.29. The van der Waals surface area contributed by atoms with Crippen molar-refractivity contribution in [2.75, 3.05) is 34.9 Å². The van der Waals surface area contributed by atoms with Gasteiger partial charge in [-0.25, -0.2) is 9.36 Å². The van der Waals surface area contributed by atoms with Crippen molar-refractivity contribution >= 4 is 58.2 Å². The molecule has 0 saturated carbocycles. The number of carbonyl (C=O) groups is 2. The Balaban J connectivity index is 1.31. The van der Waals surface area contributed by atoms with Gasteiger partial charge in [-0.1, -0.05) is 23.2 Å². The topological polar surface area (TPSA) is 102 Å². The summed E-state index contributed by atoms with van der Waals surface area (Å²) in [7, 11) is 1.64. The zero-order valence-electron chi connectivity index (χ0n) is 20.2. The highest BCUT2D eigenvalue weighted by atomic mass is 35.5. The minimum absolute atomic E-state index is 0.107. The van der Waals surface area contributed by atoms with Crippen molar-refractivity contribution in [3.8, 4) is 11.4 Å². The summed E-state index contributed by atoms with van der Waals surface area (Å²) in [5.74, 6) is 0.387. The molecule has 0 aromatic carbocycles. The van der Waals surface area contributed by atoms with Crippen molar-refractivity contribution in [2.24, 2.45) is 0 Å². The van der Waals surface area contributed by atoms with Crippen molar-refractivity contribution in [1.29, 1.82) is 0 Å². The number of anilines is 2. The Morgan fingerprint density at radius 3 is 2.03 bits per heavy atom. The maximum absolute atomic E-state index is 12.9. The molecular weight excluding hydrogens is 535 g/mol. The highest BCUT2D eigenvalue weighted by Crippen LogP contribution is 2.27. The van der Waals surface area contributed by atoms with Gasteiger partial charge in [-0.05, 0) is 31.2 Å². The molecule has 2 amide bonds. The molecule has 0 aliphatic rings. The maximum Gasteiger partial charge on any atom is 0.236 e. The summed E-state index contributed by atoms with van der Waals surface area (Å²) in [6.07, 6.45) is 10.3. The maximum atomic E-state index is 12.9. The fourth-order valence-electron chi connectivity index (χ4n) is 3.50. The highest BCUT2D eigenvalue weighted by Gasteiger charge is 2.21. The lowest BCUT2D eigenvalue weighted by atomic mass is 10.3. The SMILES string of the molecule is CCN(C(=O)CCSCC(=O)N(C)c1cn(-c2cccnc2)nc1Cl)c1cn(-c2cccnc2)nc1Cl. The molecule has 0 unspecified atom stereocenters. The van der Waals surface area contributed by atoms with Crippen LogP contribution in [0.25, 0.3) is 11.4 Å². The van der Waals surface area contributed by atoms with Crippen LogP contribution < -0.4 is 9.80 Å². The standard InChI is InChI=1S/C24H24Cl2N8O2S/c1-3-32(20-15-34(30-24(20)26)18-7-5-10-28-13-18)21(35)8-11-37-16-22(36)31(2)19-14-33(29-23(19)25)17-6-4-9-27-12-17/h4-7,9-10,12-15H,3,8,11,16H2,1-2H3. The first-order chi connectivity index (χ1) is 17.9. The molecule has 192 valence electrons. The summed E-state index contributed by atoms with van der Waals surface area (Å²) in [4.78, 5) is 36.9. The van der Waals surface area contributed by atoms with E-state index in [1.807, 2.05) is 19.1 Å². The van der Waals surface area contributed by atoms with Crippen LogP contribution in [0.5, 0.6) is 0 Å². The van der Waals surface area contributed by atoms with E-state index in [2.05, 4.69) is 20.2 Å². The van der Waals surface area contributed by atoms with Crippen LogP contribution in [0.3, 0.4) is 0 Å². The highest BCUT2D eigenvalue weighted by molar-refractivity contribution is 7.99. The van der Waals surface area contributed by atoms with Crippen molar-refractivity contribution in [3.63, 3.8) is 0 Å². The summed E-state index contributed by atoms with van der Waals surface area (Å²) in [5, 5.41) is 9.00. The van der Waals surface area contributed by atoms with E-state index in [-0.39, 0.29) is 34.3 Å². The average molecular weight is 559 g/mol. The molecule has 0 aliphatic carbocycles. The number of hydrogen-bond acceptors (Lipinski definition) is 7. The summed E-state index contributed by atoms with van der Waals surface area (Å²) in [6.45, 7) is 2.31. The Morgan fingerprint density at radius 2 is 1.49 bits per heavy atom. The van der Waals surface area contributed by atoms with Crippen molar-refractivity contribution in [2.45, 2.75) is 13.3 Å². The van der Waals surface area contributed by atoms with Crippen LogP contribution >= 0.6 is 35.0 Å². The van der Waals surface area contributed by atoms with Crippen LogP contribution in [0.4, 0.5) is 11.4 Å². The fourth-order valence-corrected chi connectivity index (χ4v) is 4.82. The number of nitrogens with zero attached hydrogens (tertiary/aromatic N) is 8. The molecule has 4 rings (SSSR count). The summed E-state index contributed by atoms with van der Waals surface area (Å²) in [6, 6.07) is 7.27. The molecule has 0 saturated heterocycles. The molecule has 0 bridgehead atoms. The molecule has 0 spiro atoms. The van der Waals surface area contributed by atoms with Crippen molar-refractivity contribution < 1.29 is 9.59 Å². The monoisotopic (exact) mass is 558 g/mol. The zero-order valence-corrected chi connectivity index (χ0v) is 22.5. The van der Waals surface area contributed by atoms with Gasteiger partial charge in [0.1, 0.15) is 11.4 Å². The first-order valence-corrected chi connectivity index (χ1v) is 13.3. The van der Waals surface area contributed by atoms with Gasteiger partial charge in [0.05, 0.1) is 41.9 Å². The molecule has 4 aromatic rings. The number of thioether (sulfide) groups is 1. The van der Waals surface area contributed by atoms with E-state index in [1.165, 1.54) is 16.7 Å². The number of aromatic nitrogens is 6.